The van der Waals surface area contributed by atoms with E-state index in [2.05, 4.69) is 26.2 Å². The number of pyridine rings is 1. The van der Waals surface area contributed by atoms with Crippen LogP contribution in [0.2, 0.25) is 0 Å². The average molecular weight is 532 g/mol. The summed E-state index contributed by atoms with van der Waals surface area (Å²) in [5.74, 6) is -0.566. The van der Waals surface area contributed by atoms with E-state index in [1.54, 1.807) is 12.1 Å². The van der Waals surface area contributed by atoms with Crippen LogP contribution >= 0.6 is 27.3 Å². The summed E-state index contributed by atoms with van der Waals surface area (Å²) in [6, 6.07) is 21.8. The summed E-state index contributed by atoms with van der Waals surface area (Å²) in [5.41, 5.74) is 5.59. The number of nitrogens with zero attached hydrogens (tertiary/aromatic N) is 2. The Bertz CT molecular complexity index is 1530. The molecule has 0 unspecified atom stereocenters. The zero-order valence-corrected chi connectivity index (χ0v) is 20.8. The molecule has 2 aromatic heterocycles. The first kappa shape index (κ1) is 22.4. The second-order valence-corrected chi connectivity index (χ2v) is 10.1. The predicted octanol–water partition coefficient (Wildman–Crippen LogP) is 7.80. The molecule has 168 valence electrons. The predicted molar refractivity (Wildman–Crippen MR) is 140 cm³/mol. The number of hydrogen-bond donors (Lipinski definition) is 1. The number of carbonyl (C=O) groups excluding carboxylic acids is 1. The minimum absolute atomic E-state index is 0.265. The van der Waals surface area contributed by atoms with Gasteiger partial charge in [-0.2, -0.15) is 0 Å². The van der Waals surface area contributed by atoms with Crippen molar-refractivity contribution in [2.45, 2.75) is 13.8 Å². The minimum Gasteiger partial charge on any atom is -0.298 e. The second kappa shape index (κ2) is 9.08. The molecule has 0 saturated carbocycles. The molecule has 0 saturated heterocycles. The van der Waals surface area contributed by atoms with Crippen LogP contribution in [-0.4, -0.2) is 15.9 Å². The Morgan fingerprint density at radius 2 is 1.62 bits per heavy atom. The molecule has 1 amide bonds. The molecule has 7 heteroatoms. The van der Waals surface area contributed by atoms with Crippen molar-refractivity contribution in [3.05, 3.63) is 99.1 Å². The van der Waals surface area contributed by atoms with Gasteiger partial charge >= 0.3 is 0 Å². The first-order valence-corrected chi connectivity index (χ1v) is 12.2. The van der Waals surface area contributed by atoms with E-state index in [4.69, 9.17) is 4.98 Å². The third-order valence-corrected chi connectivity index (χ3v) is 6.88. The molecule has 0 aliphatic carbocycles. The number of amides is 1. The largest absolute Gasteiger partial charge is 0.298 e. The highest BCUT2D eigenvalue weighted by Crippen LogP contribution is 2.32. The molecule has 0 fully saturated rings. The monoisotopic (exact) mass is 531 g/mol. The molecule has 34 heavy (non-hydrogen) atoms. The highest BCUT2D eigenvalue weighted by atomic mass is 79.9. The highest BCUT2D eigenvalue weighted by molar-refractivity contribution is 9.10. The molecular weight excluding hydrogens is 513 g/mol. The van der Waals surface area contributed by atoms with Gasteiger partial charge in [-0.15, -0.1) is 11.3 Å². The van der Waals surface area contributed by atoms with Crippen LogP contribution in [0.5, 0.6) is 0 Å². The number of thiazole rings is 1. The Balaban J connectivity index is 1.54. The van der Waals surface area contributed by atoms with Gasteiger partial charge in [0.25, 0.3) is 5.91 Å². The molecule has 4 nitrogen and oxygen atoms in total. The van der Waals surface area contributed by atoms with Crippen LogP contribution in [0, 0.1) is 19.7 Å². The van der Waals surface area contributed by atoms with Crippen molar-refractivity contribution in [3.63, 3.8) is 0 Å². The molecule has 1 N–H and O–H groups in total. The maximum atomic E-state index is 13.4. The summed E-state index contributed by atoms with van der Waals surface area (Å²) in [7, 11) is 0. The maximum Gasteiger partial charge on any atom is 0.258 e. The lowest BCUT2D eigenvalue weighted by molar-refractivity contribution is 0.102. The van der Waals surface area contributed by atoms with Crippen LogP contribution in [-0.2, 0) is 0 Å². The second-order valence-electron chi connectivity index (χ2n) is 7.97. The van der Waals surface area contributed by atoms with Gasteiger partial charge in [0, 0.05) is 25.9 Å². The van der Waals surface area contributed by atoms with Gasteiger partial charge in [0.2, 0.25) is 0 Å². The molecule has 5 aromatic rings. The van der Waals surface area contributed by atoms with Gasteiger partial charge in [-0.1, -0.05) is 45.8 Å². The van der Waals surface area contributed by atoms with Crippen molar-refractivity contribution in [3.8, 4) is 22.5 Å². The summed E-state index contributed by atoms with van der Waals surface area (Å²) < 4.78 is 14.2. The van der Waals surface area contributed by atoms with Gasteiger partial charge in [0.15, 0.2) is 5.13 Å². The van der Waals surface area contributed by atoms with Crippen molar-refractivity contribution in [2.75, 3.05) is 5.32 Å². The van der Waals surface area contributed by atoms with Crippen molar-refractivity contribution < 1.29 is 9.18 Å². The Morgan fingerprint density at radius 1 is 0.912 bits per heavy atom. The van der Waals surface area contributed by atoms with Crippen LogP contribution in [0.3, 0.4) is 0 Å². The molecular formula is C27H19BrFN3OS. The Hall–Kier alpha value is -3.42. The van der Waals surface area contributed by atoms with Gasteiger partial charge in [-0.05, 0) is 62.4 Å². The van der Waals surface area contributed by atoms with Crippen LogP contribution in [0.25, 0.3) is 33.4 Å². The Morgan fingerprint density at radius 3 is 2.35 bits per heavy atom. The minimum atomic E-state index is -0.301. The third-order valence-electron chi connectivity index (χ3n) is 5.50. The number of aryl methyl sites for hydroxylation is 2. The normalized spacial score (nSPS) is 11.1. The van der Waals surface area contributed by atoms with Gasteiger partial charge in [0.1, 0.15) is 5.82 Å². The van der Waals surface area contributed by atoms with Crippen LogP contribution in [0.4, 0.5) is 9.52 Å². The lowest BCUT2D eigenvalue weighted by Crippen LogP contribution is -2.13. The topological polar surface area (TPSA) is 54.9 Å². The van der Waals surface area contributed by atoms with Crippen molar-refractivity contribution in [1.29, 1.82) is 0 Å². The van der Waals surface area contributed by atoms with Crippen LogP contribution < -0.4 is 5.32 Å². The standard InChI is InChI=1S/C27H19BrFN3OS/c1-15-3-5-17(6-4-15)24-14-22(21-13-19(28)9-12-23(21)30-24)26(33)32-27-31-25(16(2)34-27)18-7-10-20(29)11-8-18/h3-14H,1-2H3,(H,31,32,33). The maximum absolute atomic E-state index is 13.4. The van der Waals surface area contributed by atoms with E-state index in [0.29, 0.717) is 10.7 Å². The van der Waals surface area contributed by atoms with E-state index >= 15 is 0 Å². The Labute approximate surface area is 208 Å². The van der Waals surface area contributed by atoms with E-state index in [1.807, 2.05) is 62.4 Å². The van der Waals surface area contributed by atoms with Crippen molar-refractivity contribution >= 4 is 49.2 Å². The van der Waals surface area contributed by atoms with Gasteiger partial charge < -0.3 is 0 Å². The number of fused-ring (bicyclic) bond motifs is 1. The zero-order valence-electron chi connectivity index (χ0n) is 18.4. The molecule has 0 spiro atoms. The first-order valence-electron chi connectivity index (χ1n) is 10.6. The van der Waals surface area contributed by atoms with Crippen LogP contribution in [0.15, 0.2) is 77.3 Å². The number of halogens is 2. The van der Waals surface area contributed by atoms with Crippen molar-refractivity contribution in [2.24, 2.45) is 0 Å². The number of carbonyl (C=O) groups is 1. The smallest absolute Gasteiger partial charge is 0.258 e. The fourth-order valence-electron chi connectivity index (χ4n) is 3.75. The summed E-state index contributed by atoms with van der Waals surface area (Å²) >= 11 is 4.89. The number of aromatic nitrogens is 2. The zero-order chi connectivity index (χ0) is 23.8. The lowest BCUT2D eigenvalue weighted by atomic mass is 10.0. The SMILES string of the molecule is Cc1ccc(-c2cc(C(=O)Nc3nc(-c4ccc(F)cc4)c(C)s3)c3cc(Br)ccc3n2)cc1. The van der Waals surface area contributed by atoms with Gasteiger partial charge in [0.05, 0.1) is 22.5 Å². The van der Waals surface area contributed by atoms with Gasteiger partial charge in [-0.25, -0.2) is 14.4 Å². The lowest BCUT2D eigenvalue weighted by Gasteiger charge is -2.10. The number of anilines is 1. The highest BCUT2D eigenvalue weighted by Gasteiger charge is 2.18. The Kier molecular flexibility index (Phi) is 5.98. The molecule has 0 aliphatic rings. The molecule has 0 radical (unpaired) electrons. The number of nitrogens with one attached hydrogen (secondary N) is 1. The molecule has 0 aliphatic heterocycles. The quantitative estimate of drug-likeness (QED) is 0.257. The van der Waals surface area contributed by atoms with E-state index in [1.165, 1.54) is 23.5 Å². The molecule has 0 bridgehead atoms. The number of rotatable bonds is 4. The molecule has 5 rings (SSSR count). The van der Waals surface area contributed by atoms with E-state index in [9.17, 15) is 9.18 Å². The first-order chi connectivity index (χ1) is 16.4. The molecule has 0 atom stereocenters. The summed E-state index contributed by atoms with van der Waals surface area (Å²) in [6.45, 7) is 3.96. The molecule has 2 heterocycles. The third kappa shape index (κ3) is 4.49. The van der Waals surface area contributed by atoms with E-state index in [-0.39, 0.29) is 11.7 Å². The molecule has 3 aromatic carbocycles. The summed E-state index contributed by atoms with van der Waals surface area (Å²) in [6.07, 6.45) is 0. The summed E-state index contributed by atoms with van der Waals surface area (Å²) in [5, 5.41) is 4.18. The van der Waals surface area contributed by atoms with E-state index in [0.717, 1.165) is 48.3 Å². The number of benzene rings is 3. The number of hydrogen-bond acceptors (Lipinski definition) is 4. The van der Waals surface area contributed by atoms with Crippen molar-refractivity contribution in [1.82, 2.24) is 9.97 Å². The fourth-order valence-corrected chi connectivity index (χ4v) is 4.94. The average Bonchev–Trinajstić information content (AvgIpc) is 3.19. The fraction of sp³-hybridized carbons (Fsp3) is 0.0741. The van der Waals surface area contributed by atoms with Gasteiger partial charge in [-0.3, -0.25) is 10.1 Å². The van der Waals surface area contributed by atoms with Crippen LogP contribution in [0.1, 0.15) is 20.8 Å². The summed E-state index contributed by atoms with van der Waals surface area (Å²) in [4.78, 5) is 23.8. The van der Waals surface area contributed by atoms with E-state index < -0.39 is 0 Å².